The fourth-order valence-corrected chi connectivity index (χ4v) is 5.24. The van der Waals surface area contributed by atoms with E-state index in [2.05, 4.69) is 72.7 Å². The molecule has 116 valence electrons. The highest BCUT2D eigenvalue weighted by atomic mass is 32.2. The molecule has 0 aliphatic heterocycles. The van der Waals surface area contributed by atoms with Crippen LogP contribution in [0.2, 0.25) is 0 Å². The summed E-state index contributed by atoms with van der Waals surface area (Å²) in [7, 11) is 2.04. The van der Waals surface area contributed by atoms with Crippen LogP contribution >= 0.6 is 22.0 Å². The van der Waals surface area contributed by atoms with Crippen LogP contribution in [0.1, 0.15) is 34.6 Å². The Morgan fingerprint density at radius 3 is 2.55 bits per heavy atom. The Morgan fingerprint density at radius 2 is 2.15 bits per heavy atom. The van der Waals surface area contributed by atoms with Crippen LogP contribution in [0.25, 0.3) is 0 Å². The van der Waals surface area contributed by atoms with E-state index in [-0.39, 0.29) is 16.1 Å². The second kappa shape index (κ2) is 8.29. The molecule has 0 amide bonds. The molecule has 2 atom stereocenters. The summed E-state index contributed by atoms with van der Waals surface area (Å²) in [5.41, 5.74) is 6.75. The number of nitrogens with zero attached hydrogens (tertiary/aromatic N) is 1. The van der Waals surface area contributed by atoms with Gasteiger partial charge in [0.2, 0.25) is 0 Å². The molecule has 2 N–H and O–H groups in total. The van der Waals surface area contributed by atoms with Crippen molar-refractivity contribution in [3.05, 3.63) is 17.5 Å². The molecule has 5 heteroatoms. The average Bonchev–Trinajstić information content (AvgIpc) is 2.90. The molecule has 0 bridgehead atoms. The Morgan fingerprint density at radius 1 is 1.45 bits per heavy atom. The first kappa shape index (κ1) is 17.9. The van der Waals surface area contributed by atoms with Gasteiger partial charge in [-0.15, -0.1) is 11.3 Å². The van der Waals surface area contributed by atoms with Gasteiger partial charge in [0.05, 0.1) is 4.21 Å². The Labute approximate surface area is 130 Å². The molecule has 0 aliphatic carbocycles. The van der Waals surface area contributed by atoms with E-state index in [4.69, 9.17) is 0 Å². The van der Waals surface area contributed by atoms with Gasteiger partial charge in [0.25, 0.3) is 0 Å². The lowest BCUT2D eigenvalue weighted by Crippen LogP contribution is -2.51. The first-order chi connectivity index (χ1) is 9.43. The third kappa shape index (κ3) is 4.97. The van der Waals surface area contributed by atoms with Crippen molar-refractivity contribution in [3.63, 3.8) is 0 Å². The van der Waals surface area contributed by atoms with Gasteiger partial charge in [0.15, 0.2) is 0 Å². The molecule has 20 heavy (non-hydrogen) atoms. The third-order valence-corrected chi connectivity index (χ3v) is 6.73. The van der Waals surface area contributed by atoms with E-state index in [0.717, 1.165) is 13.1 Å². The van der Waals surface area contributed by atoms with Crippen LogP contribution in [0.3, 0.4) is 0 Å². The minimum absolute atomic E-state index is 0.0986. The lowest BCUT2D eigenvalue weighted by molar-refractivity contribution is 0.217. The number of thiophene rings is 1. The molecule has 0 saturated heterocycles. The summed E-state index contributed by atoms with van der Waals surface area (Å²) in [4.78, 5) is 0. The van der Waals surface area contributed by atoms with Gasteiger partial charge in [0.1, 0.15) is 0 Å². The van der Waals surface area contributed by atoms with Gasteiger partial charge < -0.3 is 0 Å². The molecule has 1 aromatic heterocycles. The fraction of sp³-hybridized carbons (Fsp3) is 0.667. The topological polar surface area (TPSA) is 27.3 Å². The fourth-order valence-electron chi connectivity index (χ4n) is 2.04. The second-order valence-electron chi connectivity index (χ2n) is 5.78. The molecular weight excluding hydrogens is 286 g/mol. The molecule has 1 heterocycles. The Bertz CT molecular complexity index is 407. The van der Waals surface area contributed by atoms with Gasteiger partial charge >= 0.3 is 0 Å². The zero-order valence-corrected chi connectivity index (χ0v) is 15.2. The number of nitrogens with one attached hydrogen (secondary N) is 2. The highest BCUT2D eigenvalue weighted by molar-refractivity contribution is 8.14. The molecule has 0 aliphatic rings. The lowest BCUT2D eigenvalue weighted by atomic mass is 9.87. The summed E-state index contributed by atoms with van der Waals surface area (Å²) in [6, 6.07) is 4.79. The van der Waals surface area contributed by atoms with Crippen molar-refractivity contribution in [1.29, 1.82) is 0 Å². The highest BCUT2D eigenvalue weighted by Gasteiger charge is 2.27. The summed E-state index contributed by atoms with van der Waals surface area (Å²) in [6.45, 7) is 13.4. The SMILES string of the molecule is C/C=S(\c1cccs1)N(CC)C[C@@H](NNC)C(C)(C)C. The standard InChI is InChI=1S/C15H29N3S2/c1-7-18(12-13(17-16-6)15(3,4)5)20(8-2)14-10-9-11-19-14/h8-11,13,16-17H,7,12H2,1-6H3/t13-,20?/m1/s1. The van der Waals surface area contributed by atoms with Crippen molar-refractivity contribution in [3.8, 4) is 0 Å². The molecule has 0 fully saturated rings. The Kier molecular flexibility index (Phi) is 7.40. The minimum atomic E-state index is 0.0986. The Balaban J connectivity index is 2.89. The van der Waals surface area contributed by atoms with E-state index in [0.29, 0.717) is 6.04 Å². The van der Waals surface area contributed by atoms with Crippen LogP contribution in [-0.4, -0.2) is 35.9 Å². The van der Waals surface area contributed by atoms with E-state index < -0.39 is 0 Å². The zero-order valence-electron chi connectivity index (χ0n) is 13.6. The van der Waals surface area contributed by atoms with Crippen molar-refractivity contribution >= 4 is 27.4 Å². The number of rotatable bonds is 7. The molecule has 0 aromatic carbocycles. The maximum Gasteiger partial charge on any atom is 0.0679 e. The number of likely N-dealkylation sites (N-methyl/N-ethyl adjacent to an activating group) is 1. The van der Waals surface area contributed by atoms with Crippen molar-refractivity contribution in [2.24, 2.45) is 5.41 Å². The van der Waals surface area contributed by atoms with Gasteiger partial charge in [-0.2, -0.15) is 0 Å². The molecule has 0 saturated carbocycles. The molecule has 3 nitrogen and oxygen atoms in total. The molecule has 0 spiro atoms. The predicted molar refractivity (Wildman–Crippen MR) is 94.6 cm³/mol. The summed E-state index contributed by atoms with van der Waals surface area (Å²) in [5, 5.41) is 4.49. The second-order valence-corrected chi connectivity index (χ2v) is 9.04. The quantitative estimate of drug-likeness (QED) is 0.595. The van der Waals surface area contributed by atoms with Crippen molar-refractivity contribution in [2.45, 2.75) is 44.9 Å². The minimum Gasteiger partial charge on any atom is -0.261 e. The lowest BCUT2D eigenvalue weighted by Gasteiger charge is -2.36. The maximum absolute atomic E-state index is 3.41. The normalized spacial score (nSPS) is 15.8. The van der Waals surface area contributed by atoms with Gasteiger partial charge in [-0.25, -0.2) is 0 Å². The molecule has 1 unspecified atom stereocenters. The van der Waals surface area contributed by atoms with E-state index in [1.54, 1.807) is 0 Å². The van der Waals surface area contributed by atoms with Crippen LogP contribution in [0.15, 0.2) is 21.7 Å². The largest absolute Gasteiger partial charge is 0.261 e. The maximum atomic E-state index is 3.41. The summed E-state index contributed by atoms with van der Waals surface area (Å²) < 4.78 is 4.01. The highest BCUT2D eigenvalue weighted by Crippen LogP contribution is 2.35. The van der Waals surface area contributed by atoms with Crippen LogP contribution in [0.5, 0.6) is 0 Å². The van der Waals surface area contributed by atoms with Gasteiger partial charge in [-0.1, -0.05) is 44.4 Å². The van der Waals surface area contributed by atoms with Gasteiger partial charge in [-0.3, -0.25) is 15.2 Å². The van der Waals surface area contributed by atoms with Crippen LogP contribution in [-0.2, 0) is 0 Å². The number of hydrogen-bond donors (Lipinski definition) is 2. The molecule has 1 rings (SSSR count). The van der Waals surface area contributed by atoms with Gasteiger partial charge in [-0.05, 0) is 36.2 Å². The van der Waals surface area contributed by atoms with Crippen LogP contribution < -0.4 is 10.9 Å². The van der Waals surface area contributed by atoms with Crippen LogP contribution in [0.4, 0.5) is 0 Å². The summed E-state index contributed by atoms with van der Waals surface area (Å²) in [5.74, 6) is 0. The number of hydrazine groups is 1. The first-order valence-corrected chi connectivity index (χ1v) is 9.29. The summed E-state index contributed by atoms with van der Waals surface area (Å²) >= 11 is 1.85. The van der Waals surface area contributed by atoms with E-state index in [1.807, 2.05) is 18.4 Å². The molecular formula is C15H29N3S2. The molecule has 0 radical (unpaired) electrons. The predicted octanol–water partition coefficient (Wildman–Crippen LogP) is 3.57. The van der Waals surface area contributed by atoms with Crippen molar-refractivity contribution in [1.82, 2.24) is 15.2 Å². The van der Waals surface area contributed by atoms with Crippen molar-refractivity contribution in [2.75, 3.05) is 20.1 Å². The van der Waals surface area contributed by atoms with E-state index in [1.165, 1.54) is 4.21 Å². The monoisotopic (exact) mass is 315 g/mol. The van der Waals surface area contributed by atoms with E-state index >= 15 is 0 Å². The van der Waals surface area contributed by atoms with Crippen LogP contribution in [0, 0.1) is 5.41 Å². The van der Waals surface area contributed by atoms with Gasteiger partial charge in [0, 0.05) is 19.1 Å². The van der Waals surface area contributed by atoms with E-state index in [9.17, 15) is 0 Å². The number of hydrogen-bond acceptors (Lipinski definition) is 4. The zero-order chi connectivity index (χ0) is 15.2. The first-order valence-electron chi connectivity index (χ1n) is 7.17. The summed E-state index contributed by atoms with van der Waals surface area (Å²) in [6.07, 6.45) is 0. The molecule has 1 aromatic rings. The van der Waals surface area contributed by atoms with Crippen molar-refractivity contribution < 1.29 is 0 Å². The average molecular weight is 316 g/mol. The third-order valence-electron chi connectivity index (χ3n) is 3.31. The smallest absolute Gasteiger partial charge is 0.0679 e. The Hall–Kier alpha value is -0.200.